The highest BCUT2D eigenvalue weighted by Crippen LogP contribution is 2.28. The van der Waals surface area contributed by atoms with Gasteiger partial charge in [-0.25, -0.2) is 4.68 Å². The normalized spacial score (nSPS) is 16.3. The number of nitrogens with zero attached hydrogens (tertiary/aromatic N) is 3. The number of hydrogen-bond donors (Lipinski definition) is 2. The molecule has 0 radical (unpaired) electrons. The Morgan fingerprint density at radius 3 is 2.75 bits per heavy atom. The minimum absolute atomic E-state index is 0.113. The first-order valence-corrected chi connectivity index (χ1v) is 9.06. The minimum Gasteiger partial charge on any atom is -0.508 e. The fourth-order valence-electron chi connectivity index (χ4n) is 3.16. The van der Waals surface area contributed by atoms with Crippen LogP contribution in [0.2, 0.25) is 5.02 Å². The standard InChI is InChI=1S/C20H17ClN4O3/c21-14-4-2-5-16(8-14)25-19(13-3-1-6-17(27)7-13)9-18(23-25)20(28)24-10-15(11-26)22-12-24/h1-9,11,15,22,27H,10,12H2. The van der Waals surface area contributed by atoms with E-state index < -0.39 is 0 Å². The van der Waals surface area contributed by atoms with E-state index in [2.05, 4.69) is 10.4 Å². The van der Waals surface area contributed by atoms with Crippen LogP contribution in [0.15, 0.2) is 54.6 Å². The average Bonchev–Trinajstić information content (AvgIpc) is 3.35. The highest BCUT2D eigenvalue weighted by molar-refractivity contribution is 6.30. The molecule has 1 amide bonds. The number of hydrogen-bond acceptors (Lipinski definition) is 5. The lowest BCUT2D eigenvalue weighted by Crippen LogP contribution is -2.30. The summed E-state index contributed by atoms with van der Waals surface area (Å²) >= 11 is 6.13. The van der Waals surface area contributed by atoms with E-state index in [0.29, 0.717) is 28.5 Å². The highest BCUT2D eigenvalue weighted by atomic mass is 35.5. The summed E-state index contributed by atoms with van der Waals surface area (Å²) in [5.74, 6) is -0.166. The quantitative estimate of drug-likeness (QED) is 0.661. The molecule has 142 valence electrons. The largest absolute Gasteiger partial charge is 0.508 e. The van der Waals surface area contributed by atoms with Gasteiger partial charge in [-0.15, -0.1) is 0 Å². The molecule has 1 saturated heterocycles. The second-order valence-corrected chi connectivity index (χ2v) is 6.93. The molecule has 2 aromatic carbocycles. The van der Waals surface area contributed by atoms with Gasteiger partial charge in [-0.1, -0.05) is 29.8 Å². The molecule has 1 unspecified atom stereocenters. The van der Waals surface area contributed by atoms with E-state index in [-0.39, 0.29) is 30.1 Å². The van der Waals surface area contributed by atoms with E-state index in [4.69, 9.17) is 11.6 Å². The number of halogens is 1. The summed E-state index contributed by atoms with van der Waals surface area (Å²) in [4.78, 5) is 25.4. The fourth-order valence-corrected chi connectivity index (χ4v) is 3.35. The number of nitrogens with one attached hydrogen (secondary N) is 1. The van der Waals surface area contributed by atoms with Gasteiger partial charge in [0.2, 0.25) is 0 Å². The molecule has 4 rings (SSSR count). The van der Waals surface area contributed by atoms with Gasteiger partial charge in [0.25, 0.3) is 5.91 Å². The lowest BCUT2D eigenvalue weighted by atomic mass is 10.1. The summed E-state index contributed by atoms with van der Waals surface area (Å²) < 4.78 is 1.62. The van der Waals surface area contributed by atoms with Gasteiger partial charge in [-0.05, 0) is 36.4 Å². The Balaban J connectivity index is 1.78. The van der Waals surface area contributed by atoms with E-state index in [9.17, 15) is 14.7 Å². The third-order valence-corrected chi connectivity index (χ3v) is 4.77. The summed E-state index contributed by atoms with van der Waals surface area (Å²) in [5, 5.41) is 17.9. The number of phenols is 1. The topological polar surface area (TPSA) is 87.5 Å². The minimum atomic E-state index is -0.371. The molecule has 0 spiro atoms. The Kier molecular flexibility index (Phi) is 4.85. The molecule has 1 aliphatic heterocycles. The van der Waals surface area contributed by atoms with E-state index >= 15 is 0 Å². The Bertz CT molecular complexity index is 986. The summed E-state index contributed by atoms with van der Waals surface area (Å²) in [6.07, 6.45) is 0.788. The Morgan fingerprint density at radius 2 is 2.04 bits per heavy atom. The van der Waals surface area contributed by atoms with Crippen LogP contribution in [0.1, 0.15) is 10.5 Å². The molecule has 1 atom stereocenters. The molecule has 0 aliphatic carbocycles. The monoisotopic (exact) mass is 396 g/mol. The Morgan fingerprint density at radius 1 is 1.21 bits per heavy atom. The molecule has 0 bridgehead atoms. The van der Waals surface area contributed by atoms with Crippen LogP contribution in [0, 0.1) is 0 Å². The molecule has 0 saturated carbocycles. The van der Waals surface area contributed by atoms with E-state index in [1.165, 1.54) is 4.90 Å². The van der Waals surface area contributed by atoms with Crippen molar-refractivity contribution in [1.82, 2.24) is 20.0 Å². The van der Waals surface area contributed by atoms with Crippen LogP contribution in [-0.2, 0) is 4.79 Å². The average molecular weight is 397 g/mol. The van der Waals surface area contributed by atoms with Crippen LogP contribution in [0.3, 0.4) is 0 Å². The van der Waals surface area contributed by atoms with Gasteiger partial charge in [0.1, 0.15) is 12.0 Å². The number of aldehydes is 1. The number of benzene rings is 2. The van der Waals surface area contributed by atoms with Crippen LogP contribution in [0.25, 0.3) is 16.9 Å². The van der Waals surface area contributed by atoms with E-state index in [1.807, 2.05) is 12.1 Å². The smallest absolute Gasteiger partial charge is 0.275 e. The van der Waals surface area contributed by atoms with Crippen molar-refractivity contribution in [3.8, 4) is 22.7 Å². The van der Waals surface area contributed by atoms with Crippen molar-refractivity contribution in [1.29, 1.82) is 0 Å². The highest BCUT2D eigenvalue weighted by Gasteiger charge is 2.28. The Labute approximate surface area is 166 Å². The van der Waals surface area contributed by atoms with Gasteiger partial charge in [0.05, 0.1) is 24.1 Å². The summed E-state index contributed by atoms with van der Waals surface area (Å²) in [7, 11) is 0. The second kappa shape index (κ2) is 7.46. The SMILES string of the molecule is O=CC1CN(C(=O)c2cc(-c3cccc(O)c3)n(-c3cccc(Cl)c3)n2)CN1. The van der Waals surface area contributed by atoms with Crippen molar-refractivity contribution < 1.29 is 14.7 Å². The van der Waals surface area contributed by atoms with Crippen LogP contribution < -0.4 is 5.32 Å². The van der Waals surface area contributed by atoms with Gasteiger partial charge < -0.3 is 14.8 Å². The van der Waals surface area contributed by atoms with Crippen LogP contribution >= 0.6 is 11.6 Å². The number of aromatic nitrogens is 2. The molecule has 3 aromatic rings. The summed E-state index contributed by atoms with van der Waals surface area (Å²) in [6, 6.07) is 15.2. The number of carbonyl (C=O) groups is 2. The third kappa shape index (κ3) is 3.49. The second-order valence-electron chi connectivity index (χ2n) is 6.49. The number of carbonyl (C=O) groups excluding carboxylic acids is 2. The van der Waals surface area contributed by atoms with Gasteiger partial charge in [0.15, 0.2) is 5.69 Å². The first kappa shape index (κ1) is 18.2. The number of rotatable bonds is 4. The Hall–Kier alpha value is -3.16. The first-order valence-electron chi connectivity index (χ1n) is 8.68. The van der Waals surface area contributed by atoms with Gasteiger partial charge >= 0.3 is 0 Å². The van der Waals surface area contributed by atoms with Crippen molar-refractivity contribution in [2.75, 3.05) is 13.2 Å². The zero-order valence-corrected chi connectivity index (χ0v) is 15.5. The maximum absolute atomic E-state index is 12.9. The molecule has 2 heterocycles. The van der Waals surface area contributed by atoms with Crippen molar-refractivity contribution in [3.63, 3.8) is 0 Å². The molecule has 1 aliphatic rings. The molecular weight excluding hydrogens is 380 g/mol. The summed E-state index contributed by atoms with van der Waals surface area (Å²) in [6.45, 7) is 0.585. The summed E-state index contributed by atoms with van der Waals surface area (Å²) in [5.41, 5.74) is 2.28. The molecule has 1 aromatic heterocycles. The number of phenolic OH excluding ortho intramolecular Hbond substituents is 1. The zero-order chi connectivity index (χ0) is 19.7. The van der Waals surface area contributed by atoms with Crippen molar-refractivity contribution >= 4 is 23.8 Å². The predicted molar refractivity (Wildman–Crippen MR) is 105 cm³/mol. The van der Waals surface area contributed by atoms with Gasteiger partial charge in [0, 0.05) is 17.1 Å². The molecule has 7 nitrogen and oxygen atoms in total. The van der Waals surface area contributed by atoms with Crippen molar-refractivity contribution in [2.45, 2.75) is 6.04 Å². The van der Waals surface area contributed by atoms with Crippen LogP contribution in [0.5, 0.6) is 5.75 Å². The maximum Gasteiger partial charge on any atom is 0.275 e. The first-order chi connectivity index (χ1) is 13.5. The molecule has 2 N–H and O–H groups in total. The molecule has 28 heavy (non-hydrogen) atoms. The zero-order valence-electron chi connectivity index (χ0n) is 14.7. The van der Waals surface area contributed by atoms with E-state index in [1.54, 1.807) is 47.1 Å². The molecule has 1 fully saturated rings. The van der Waals surface area contributed by atoms with Crippen LogP contribution in [-0.4, -0.2) is 51.2 Å². The van der Waals surface area contributed by atoms with Crippen LogP contribution in [0.4, 0.5) is 0 Å². The van der Waals surface area contributed by atoms with Gasteiger partial charge in [-0.3, -0.25) is 10.1 Å². The lowest BCUT2D eigenvalue weighted by Gasteiger charge is -2.12. The fraction of sp³-hybridized carbons (Fsp3) is 0.150. The van der Waals surface area contributed by atoms with Crippen molar-refractivity contribution in [3.05, 3.63) is 65.3 Å². The van der Waals surface area contributed by atoms with Gasteiger partial charge in [-0.2, -0.15) is 5.10 Å². The van der Waals surface area contributed by atoms with Crippen molar-refractivity contribution in [2.24, 2.45) is 0 Å². The third-order valence-electron chi connectivity index (χ3n) is 4.54. The van der Waals surface area contributed by atoms with E-state index in [0.717, 1.165) is 6.29 Å². The molecule has 8 heteroatoms. The number of amides is 1. The molecular formula is C20H17ClN4O3. The maximum atomic E-state index is 12.9. The predicted octanol–water partition coefficient (Wildman–Crippen LogP) is 2.47. The lowest BCUT2D eigenvalue weighted by molar-refractivity contribution is -0.109. The number of aromatic hydroxyl groups is 1.